The molecule has 0 aromatic heterocycles. The van der Waals surface area contributed by atoms with E-state index in [1.165, 1.54) is 128 Å². The van der Waals surface area contributed by atoms with Crippen LogP contribution in [0.5, 0.6) is 0 Å². The highest BCUT2D eigenvalue weighted by Crippen LogP contribution is 2.15. The minimum absolute atomic E-state index is 0.0864. The zero-order valence-corrected chi connectivity index (χ0v) is 53.5. The maximum atomic E-state index is 12.9. The van der Waals surface area contributed by atoms with E-state index in [9.17, 15) is 14.4 Å². The molecule has 0 saturated carbocycles. The molecule has 0 saturated heterocycles. The lowest BCUT2D eigenvalue weighted by molar-refractivity contribution is -0.167. The Labute approximate surface area is 506 Å². The molecule has 0 aliphatic rings. The molecular formula is C76H126O6. The molecule has 0 rings (SSSR count). The SMILES string of the molecule is CC/C=C\C/C=C\C/C=C\C/C=C\C/C=C\C/C=C\C/C=C\C/C=C\CCCCCCCCCCC(=O)OCC(COC(=O)CCCCCCCCCCCC)OC(=O)CCCCCCCC/C=C\C/C=C\C/C=C\CCCCCCC. The van der Waals surface area contributed by atoms with Gasteiger partial charge in [0.05, 0.1) is 0 Å². The fraction of sp³-hybridized carbons (Fsp3) is 0.671. The van der Waals surface area contributed by atoms with Crippen LogP contribution in [0.2, 0.25) is 0 Å². The molecule has 0 N–H and O–H groups in total. The van der Waals surface area contributed by atoms with Crippen LogP contribution in [0.15, 0.2) is 134 Å². The van der Waals surface area contributed by atoms with Crippen molar-refractivity contribution in [3.8, 4) is 0 Å². The van der Waals surface area contributed by atoms with Crippen LogP contribution < -0.4 is 0 Å². The average molecular weight is 1140 g/mol. The van der Waals surface area contributed by atoms with Gasteiger partial charge >= 0.3 is 17.9 Å². The van der Waals surface area contributed by atoms with Crippen molar-refractivity contribution in [3.63, 3.8) is 0 Å². The molecule has 6 nitrogen and oxygen atoms in total. The first kappa shape index (κ1) is 77.5. The van der Waals surface area contributed by atoms with Crippen molar-refractivity contribution in [2.75, 3.05) is 13.2 Å². The summed E-state index contributed by atoms with van der Waals surface area (Å²) in [6.45, 7) is 6.50. The molecule has 6 heteroatoms. The molecule has 466 valence electrons. The van der Waals surface area contributed by atoms with Gasteiger partial charge < -0.3 is 14.2 Å². The van der Waals surface area contributed by atoms with Crippen molar-refractivity contribution >= 4 is 17.9 Å². The number of carbonyl (C=O) groups is 3. The zero-order valence-electron chi connectivity index (χ0n) is 53.5. The van der Waals surface area contributed by atoms with E-state index < -0.39 is 6.10 Å². The Morgan fingerprint density at radius 2 is 0.476 bits per heavy atom. The van der Waals surface area contributed by atoms with Crippen LogP contribution in [0, 0.1) is 0 Å². The van der Waals surface area contributed by atoms with Crippen LogP contribution in [0.3, 0.4) is 0 Å². The van der Waals surface area contributed by atoms with Crippen molar-refractivity contribution in [1.82, 2.24) is 0 Å². The molecule has 0 fully saturated rings. The molecule has 0 spiro atoms. The third-order valence-corrected chi connectivity index (χ3v) is 14.4. The highest BCUT2D eigenvalue weighted by Gasteiger charge is 2.19. The van der Waals surface area contributed by atoms with Crippen LogP contribution in [-0.2, 0) is 28.6 Å². The molecular weight excluding hydrogens is 1010 g/mol. The number of rotatable bonds is 61. The smallest absolute Gasteiger partial charge is 0.306 e. The number of carbonyl (C=O) groups excluding carboxylic acids is 3. The van der Waals surface area contributed by atoms with E-state index in [0.29, 0.717) is 19.3 Å². The lowest BCUT2D eigenvalue weighted by atomic mass is 10.1. The Hall–Kier alpha value is -4.45. The lowest BCUT2D eigenvalue weighted by Gasteiger charge is -2.18. The van der Waals surface area contributed by atoms with Gasteiger partial charge in [0.15, 0.2) is 6.10 Å². The molecule has 0 amide bonds. The summed E-state index contributed by atoms with van der Waals surface area (Å²) < 4.78 is 16.9. The minimum atomic E-state index is -0.791. The summed E-state index contributed by atoms with van der Waals surface area (Å²) in [4.78, 5) is 38.3. The van der Waals surface area contributed by atoms with Gasteiger partial charge in [-0.1, -0.05) is 302 Å². The Bertz CT molecular complexity index is 1730. The van der Waals surface area contributed by atoms with E-state index in [1.807, 2.05) is 0 Å². The Morgan fingerprint density at radius 3 is 0.744 bits per heavy atom. The monoisotopic (exact) mass is 1130 g/mol. The van der Waals surface area contributed by atoms with Crippen molar-refractivity contribution in [2.24, 2.45) is 0 Å². The summed E-state index contributed by atoms with van der Waals surface area (Å²) in [5.41, 5.74) is 0. The van der Waals surface area contributed by atoms with Crippen LogP contribution in [0.4, 0.5) is 0 Å². The van der Waals surface area contributed by atoms with Crippen LogP contribution in [-0.4, -0.2) is 37.2 Å². The Balaban J connectivity index is 4.27. The van der Waals surface area contributed by atoms with E-state index in [0.717, 1.165) is 141 Å². The molecule has 0 aromatic carbocycles. The van der Waals surface area contributed by atoms with Crippen LogP contribution in [0.1, 0.15) is 310 Å². The number of ether oxygens (including phenoxy) is 3. The molecule has 0 bridgehead atoms. The summed E-state index contributed by atoms with van der Waals surface area (Å²) in [6, 6.07) is 0. The molecule has 0 radical (unpaired) electrons. The summed E-state index contributed by atoms with van der Waals surface area (Å²) in [7, 11) is 0. The predicted molar refractivity (Wildman–Crippen MR) is 357 cm³/mol. The standard InChI is InChI=1S/C76H126O6/c1-4-7-10-13-16-19-22-24-26-28-30-32-33-34-35-36-37-38-39-40-41-42-43-45-46-48-50-52-54-57-60-63-66-69-75(78)81-72-73(71-80-74(77)68-65-62-59-56-21-18-15-12-9-6-3)82-76(79)70-67-64-61-58-55-53-51-49-47-44-31-29-27-25-23-20-17-14-11-8-5-2/h7,10,16,19,23-26,29-32,34-35,37-38,40-41,43,45,47,49,73H,4-6,8-9,11-15,17-18,20-22,27-28,33,36,39,42,44,46,48,50-72H2,1-3H3/b10-7-,19-16-,25-23-,26-24-,31-29-,32-30-,35-34-,38-37-,41-40-,45-43-,49-47-. The van der Waals surface area contributed by atoms with Gasteiger partial charge in [0, 0.05) is 19.3 Å². The fourth-order valence-corrected chi connectivity index (χ4v) is 9.29. The Kier molecular flexibility index (Phi) is 65.3. The van der Waals surface area contributed by atoms with Gasteiger partial charge in [0.2, 0.25) is 0 Å². The highest BCUT2D eigenvalue weighted by molar-refractivity contribution is 5.71. The number of hydrogen-bond donors (Lipinski definition) is 0. The topological polar surface area (TPSA) is 78.9 Å². The molecule has 0 aliphatic carbocycles. The molecule has 82 heavy (non-hydrogen) atoms. The zero-order chi connectivity index (χ0) is 59.2. The van der Waals surface area contributed by atoms with Gasteiger partial charge in [-0.15, -0.1) is 0 Å². The third-order valence-electron chi connectivity index (χ3n) is 14.4. The van der Waals surface area contributed by atoms with Gasteiger partial charge in [0.25, 0.3) is 0 Å². The maximum absolute atomic E-state index is 12.9. The Morgan fingerprint density at radius 1 is 0.256 bits per heavy atom. The number of allylic oxidation sites excluding steroid dienone is 22. The normalized spacial score (nSPS) is 13.0. The molecule has 0 aromatic rings. The van der Waals surface area contributed by atoms with Gasteiger partial charge in [-0.3, -0.25) is 14.4 Å². The van der Waals surface area contributed by atoms with Crippen molar-refractivity contribution in [3.05, 3.63) is 134 Å². The second-order valence-electron chi connectivity index (χ2n) is 22.4. The van der Waals surface area contributed by atoms with Crippen molar-refractivity contribution in [1.29, 1.82) is 0 Å². The van der Waals surface area contributed by atoms with Gasteiger partial charge in [-0.25, -0.2) is 0 Å². The molecule has 0 heterocycles. The minimum Gasteiger partial charge on any atom is -0.462 e. The fourth-order valence-electron chi connectivity index (χ4n) is 9.29. The lowest BCUT2D eigenvalue weighted by Crippen LogP contribution is -2.30. The van der Waals surface area contributed by atoms with E-state index >= 15 is 0 Å². The summed E-state index contributed by atoms with van der Waals surface area (Å²) in [5, 5.41) is 0. The van der Waals surface area contributed by atoms with E-state index in [2.05, 4.69) is 154 Å². The quantitative estimate of drug-likeness (QED) is 0.0261. The molecule has 1 unspecified atom stereocenters. The third kappa shape index (κ3) is 66.4. The molecule has 0 aliphatic heterocycles. The summed E-state index contributed by atoms with van der Waals surface area (Å²) in [6.07, 6.45) is 97.5. The highest BCUT2D eigenvalue weighted by atomic mass is 16.6. The van der Waals surface area contributed by atoms with Gasteiger partial charge in [-0.2, -0.15) is 0 Å². The van der Waals surface area contributed by atoms with E-state index in [-0.39, 0.29) is 31.1 Å². The first-order valence-corrected chi connectivity index (χ1v) is 34.2. The van der Waals surface area contributed by atoms with Gasteiger partial charge in [-0.05, 0) is 122 Å². The number of unbranched alkanes of at least 4 members (excludes halogenated alkanes) is 28. The van der Waals surface area contributed by atoms with Gasteiger partial charge in [0.1, 0.15) is 13.2 Å². The number of hydrogen-bond acceptors (Lipinski definition) is 6. The van der Waals surface area contributed by atoms with Crippen LogP contribution in [0.25, 0.3) is 0 Å². The average Bonchev–Trinajstić information content (AvgIpc) is 3.48. The van der Waals surface area contributed by atoms with E-state index in [1.54, 1.807) is 0 Å². The molecule has 1 atom stereocenters. The second-order valence-corrected chi connectivity index (χ2v) is 22.4. The second kappa shape index (κ2) is 69.0. The summed E-state index contributed by atoms with van der Waals surface area (Å²) in [5.74, 6) is -0.904. The summed E-state index contributed by atoms with van der Waals surface area (Å²) >= 11 is 0. The van der Waals surface area contributed by atoms with Crippen LogP contribution >= 0.6 is 0 Å². The first-order chi connectivity index (χ1) is 40.5. The first-order valence-electron chi connectivity index (χ1n) is 34.2. The predicted octanol–water partition coefficient (Wildman–Crippen LogP) is 23.7. The number of esters is 3. The maximum Gasteiger partial charge on any atom is 0.306 e. The largest absolute Gasteiger partial charge is 0.462 e. The van der Waals surface area contributed by atoms with Crippen molar-refractivity contribution in [2.45, 2.75) is 316 Å². The van der Waals surface area contributed by atoms with E-state index in [4.69, 9.17) is 14.2 Å². The van der Waals surface area contributed by atoms with Crippen molar-refractivity contribution < 1.29 is 28.6 Å².